The quantitative estimate of drug-likeness (QED) is 0.501. The molecule has 66 valence electrons. The van der Waals surface area contributed by atoms with E-state index in [9.17, 15) is 0 Å². The third-order valence-electron chi connectivity index (χ3n) is 1.07. The van der Waals surface area contributed by atoms with Crippen molar-refractivity contribution in [3.63, 3.8) is 0 Å². The molecule has 0 unspecified atom stereocenters. The van der Waals surface area contributed by atoms with Gasteiger partial charge in [-0.05, 0) is 25.0 Å². The largest absolute Gasteiger partial charge is 0.231 e. The van der Waals surface area contributed by atoms with Crippen LogP contribution in [0.5, 0.6) is 0 Å². The summed E-state index contributed by atoms with van der Waals surface area (Å²) in [4.78, 5) is 0. The van der Waals surface area contributed by atoms with E-state index in [0.717, 1.165) is 0 Å². The van der Waals surface area contributed by atoms with Gasteiger partial charge in [0.2, 0.25) is 0 Å². The fourth-order valence-electron chi connectivity index (χ4n) is 1.07. The number of rotatable bonds is 3. The number of nitrogens with zero attached hydrogens (tertiary/aromatic N) is 2. The van der Waals surface area contributed by atoms with Gasteiger partial charge in [0, 0.05) is 14.1 Å². The molecule has 0 rings (SSSR count). The Morgan fingerprint density at radius 3 is 1.10 bits per heavy atom. The lowest BCUT2D eigenvalue weighted by atomic mass is 11.2. The van der Waals surface area contributed by atoms with Crippen LogP contribution < -0.4 is 0 Å². The van der Waals surface area contributed by atoms with Gasteiger partial charge in [-0.3, -0.25) is 0 Å². The highest BCUT2D eigenvalue weighted by molar-refractivity contribution is 8.27. The second kappa shape index (κ2) is 4.49. The molecule has 0 saturated carbocycles. The van der Waals surface area contributed by atoms with Gasteiger partial charge in [-0.15, -0.1) is 0 Å². The Hall–Kier alpha value is 0.620. The van der Waals surface area contributed by atoms with Crippen molar-refractivity contribution in [1.29, 1.82) is 0 Å². The van der Waals surface area contributed by atoms with E-state index in [-0.39, 0.29) is 22.2 Å². The Kier molecular flexibility index (Phi) is 4.77. The molecule has 0 aliphatic heterocycles. The predicted octanol–water partition coefficient (Wildman–Crippen LogP) is 1.12. The first-order valence-corrected chi connectivity index (χ1v) is 7.66. The molecular weight excluding hydrogens is 164 g/mol. The Morgan fingerprint density at radius 2 is 1.10 bits per heavy atom. The van der Waals surface area contributed by atoms with Crippen LogP contribution in [-0.4, -0.2) is 47.9 Å². The van der Waals surface area contributed by atoms with Crippen LogP contribution in [0.1, 0.15) is 0 Å². The lowest BCUT2D eigenvalue weighted by molar-refractivity contribution is 0.256. The van der Waals surface area contributed by atoms with Crippen LogP contribution >= 0.6 is 22.2 Å². The van der Waals surface area contributed by atoms with Crippen molar-refractivity contribution >= 4 is 22.2 Å². The third-order valence-corrected chi connectivity index (χ3v) is 5.37. The Bertz CT molecular complexity index is 74.7. The molecule has 0 fully saturated rings. The minimum absolute atomic E-state index is 0.0453. The lowest BCUT2D eigenvalue weighted by Gasteiger charge is -2.39. The molecule has 0 radical (unpaired) electrons. The van der Waals surface area contributed by atoms with Crippen molar-refractivity contribution in [2.24, 2.45) is 0 Å². The molecule has 0 spiro atoms. The molecule has 0 atom stereocenters. The summed E-state index contributed by atoms with van der Waals surface area (Å²) in [6, 6.07) is 0. The van der Waals surface area contributed by atoms with Crippen molar-refractivity contribution in [1.82, 2.24) is 8.83 Å². The van der Waals surface area contributed by atoms with Gasteiger partial charge in [0.1, 0.15) is 0 Å². The fourth-order valence-corrected chi connectivity index (χ4v) is 5.37. The summed E-state index contributed by atoms with van der Waals surface area (Å²) in [6.45, 7) is 0. The lowest BCUT2D eigenvalue weighted by Crippen LogP contribution is -2.30. The molecular formula is C6H20N2S2. The van der Waals surface area contributed by atoms with Crippen LogP contribution in [0.15, 0.2) is 0 Å². The summed E-state index contributed by atoms with van der Waals surface area (Å²) in [6.07, 6.45) is 9.16. The van der Waals surface area contributed by atoms with Crippen LogP contribution in [0.4, 0.5) is 0 Å². The van der Waals surface area contributed by atoms with Crippen LogP contribution in [0.25, 0.3) is 0 Å². The smallest absolute Gasteiger partial charge is 0.00320 e. The molecule has 2 nitrogen and oxygen atoms in total. The average Bonchev–Trinajstić information content (AvgIpc) is 1.59. The zero-order valence-corrected chi connectivity index (χ0v) is 9.58. The van der Waals surface area contributed by atoms with Crippen LogP contribution in [0.2, 0.25) is 0 Å². The first kappa shape index (κ1) is 10.6. The maximum atomic E-state index is 2.46. The van der Waals surface area contributed by atoms with Gasteiger partial charge in [0.25, 0.3) is 0 Å². The molecule has 0 heterocycles. The zero-order valence-electron chi connectivity index (χ0n) is 7.79. The number of thiol groups is 2. The van der Waals surface area contributed by atoms with Crippen molar-refractivity contribution < 1.29 is 0 Å². The molecule has 0 aromatic rings. The number of hydrazine groups is 1. The first-order chi connectivity index (χ1) is 4.46. The summed E-state index contributed by atoms with van der Waals surface area (Å²) >= 11 is 0.0905. The minimum Gasteiger partial charge on any atom is -0.231 e. The van der Waals surface area contributed by atoms with E-state index < -0.39 is 0 Å². The maximum Gasteiger partial charge on any atom is 0.00320 e. The second-order valence-corrected chi connectivity index (χ2v) is 7.27. The zero-order chi connectivity index (χ0) is 8.31. The Balaban J connectivity index is 3.98. The van der Waals surface area contributed by atoms with Gasteiger partial charge in [0.15, 0.2) is 0 Å². The van der Waals surface area contributed by atoms with Gasteiger partial charge in [0.05, 0.1) is 0 Å². The van der Waals surface area contributed by atoms with E-state index in [1.807, 2.05) is 0 Å². The normalized spacial score (nSPS) is 14.4. The maximum absolute atomic E-state index is 2.46. The Labute approximate surface area is 70.5 Å². The van der Waals surface area contributed by atoms with E-state index in [1.165, 1.54) is 0 Å². The molecule has 4 heteroatoms. The molecule has 0 aliphatic rings. The van der Waals surface area contributed by atoms with Crippen molar-refractivity contribution in [3.05, 3.63) is 0 Å². The van der Waals surface area contributed by atoms with Gasteiger partial charge in [-0.25, -0.2) is 5.01 Å². The summed E-state index contributed by atoms with van der Waals surface area (Å²) in [5.74, 6) is 0. The summed E-state index contributed by atoms with van der Waals surface area (Å²) in [7, 11) is 4.23. The standard InChI is InChI=1S/C6H20N2S2/c1-7(2)8(9(3)4)10(5)6/h9-10H,1-6H3. The third kappa shape index (κ3) is 3.14. The van der Waals surface area contributed by atoms with Crippen molar-refractivity contribution in [2.75, 3.05) is 39.1 Å². The molecule has 10 heavy (non-hydrogen) atoms. The molecule has 0 bridgehead atoms. The number of hydrogen-bond acceptors (Lipinski definition) is 2. The van der Waals surface area contributed by atoms with Crippen molar-refractivity contribution in [2.45, 2.75) is 0 Å². The number of hydrogen-bond donors (Lipinski definition) is 2. The molecule has 0 saturated heterocycles. The van der Waals surface area contributed by atoms with E-state index in [2.05, 4.69) is 47.9 Å². The average molecular weight is 184 g/mol. The monoisotopic (exact) mass is 184 g/mol. The molecule has 0 aliphatic carbocycles. The SMILES string of the molecule is CN(C)N([SH](C)C)[SH](C)C. The summed E-state index contributed by atoms with van der Waals surface area (Å²) in [5, 5.41) is 2.21. The van der Waals surface area contributed by atoms with E-state index >= 15 is 0 Å². The highest BCUT2D eigenvalue weighted by Gasteiger charge is 2.09. The van der Waals surface area contributed by atoms with Crippen LogP contribution in [-0.2, 0) is 0 Å². The topological polar surface area (TPSA) is 6.48 Å². The Morgan fingerprint density at radius 1 is 0.800 bits per heavy atom. The summed E-state index contributed by atoms with van der Waals surface area (Å²) < 4.78 is 2.46. The molecule has 0 N–H and O–H groups in total. The highest BCUT2D eigenvalue weighted by Crippen LogP contribution is 2.36. The van der Waals surface area contributed by atoms with E-state index in [0.29, 0.717) is 0 Å². The van der Waals surface area contributed by atoms with Crippen LogP contribution in [0.3, 0.4) is 0 Å². The second-order valence-electron chi connectivity index (χ2n) is 2.81. The highest BCUT2D eigenvalue weighted by atomic mass is 32.3. The van der Waals surface area contributed by atoms with Gasteiger partial charge >= 0.3 is 0 Å². The van der Waals surface area contributed by atoms with E-state index in [4.69, 9.17) is 0 Å². The molecule has 0 aromatic heterocycles. The summed E-state index contributed by atoms with van der Waals surface area (Å²) in [5.41, 5.74) is 0. The van der Waals surface area contributed by atoms with E-state index in [1.54, 1.807) is 0 Å². The van der Waals surface area contributed by atoms with Gasteiger partial charge < -0.3 is 0 Å². The van der Waals surface area contributed by atoms with Crippen LogP contribution in [0, 0.1) is 0 Å². The molecule has 0 aromatic carbocycles. The minimum atomic E-state index is 0.0453. The van der Waals surface area contributed by atoms with Gasteiger partial charge in [-0.1, -0.05) is 0 Å². The molecule has 0 amide bonds. The predicted molar refractivity (Wildman–Crippen MR) is 57.2 cm³/mol. The van der Waals surface area contributed by atoms with Gasteiger partial charge in [-0.2, -0.15) is 26.0 Å². The first-order valence-electron chi connectivity index (χ1n) is 3.28. The fraction of sp³-hybridized carbons (Fsp3) is 1.00. The van der Waals surface area contributed by atoms with Crippen molar-refractivity contribution in [3.8, 4) is 0 Å².